The van der Waals surface area contributed by atoms with Crippen LogP contribution >= 0.6 is 0 Å². The van der Waals surface area contributed by atoms with Crippen LogP contribution in [0.3, 0.4) is 0 Å². The monoisotopic (exact) mass is 160 g/mol. The van der Waals surface area contributed by atoms with Crippen molar-refractivity contribution < 1.29 is 0 Å². The van der Waals surface area contributed by atoms with Crippen LogP contribution in [0, 0.1) is 11.8 Å². The molecule has 0 nitrogen and oxygen atoms in total. The minimum Gasteiger partial charge on any atom is -0.0798 e. The van der Waals surface area contributed by atoms with Gasteiger partial charge in [0.2, 0.25) is 0 Å². The molecule has 0 saturated carbocycles. The lowest BCUT2D eigenvalue weighted by Gasteiger charge is -2.20. The van der Waals surface area contributed by atoms with Crippen molar-refractivity contribution in [3.8, 4) is 0 Å². The molecule has 2 aliphatic rings. The molecule has 2 rings (SSSR count). The van der Waals surface area contributed by atoms with Crippen molar-refractivity contribution in [2.75, 3.05) is 0 Å². The van der Waals surface area contributed by atoms with Gasteiger partial charge in [-0.2, -0.15) is 0 Å². The molecule has 0 spiro atoms. The fourth-order valence-electron chi connectivity index (χ4n) is 1.94. The van der Waals surface area contributed by atoms with Crippen LogP contribution in [0.5, 0.6) is 0 Å². The molecule has 12 heavy (non-hydrogen) atoms. The van der Waals surface area contributed by atoms with Crippen LogP contribution < -0.4 is 0 Å². The van der Waals surface area contributed by atoms with E-state index in [1.807, 2.05) is 0 Å². The number of hydrogen-bond acceptors (Lipinski definition) is 0. The van der Waals surface area contributed by atoms with Crippen LogP contribution in [0.4, 0.5) is 0 Å². The van der Waals surface area contributed by atoms with Crippen LogP contribution in [0.1, 0.15) is 26.7 Å². The summed E-state index contributed by atoms with van der Waals surface area (Å²) in [7, 11) is 0. The summed E-state index contributed by atoms with van der Waals surface area (Å²) >= 11 is 0. The SMILES string of the molecule is CC(C)C1C=C2C=CCC2=CC1. The Labute approximate surface area is 74.7 Å². The molecular formula is C12H16. The van der Waals surface area contributed by atoms with Crippen LogP contribution in [0.15, 0.2) is 35.5 Å². The van der Waals surface area contributed by atoms with E-state index < -0.39 is 0 Å². The summed E-state index contributed by atoms with van der Waals surface area (Å²) in [6.07, 6.45) is 11.8. The van der Waals surface area contributed by atoms with E-state index in [2.05, 4.69) is 38.2 Å². The third kappa shape index (κ3) is 1.26. The summed E-state index contributed by atoms with van der Waals surface area (Å²) in [6.45, 7) is 4.61. The summed E-state index contributed by atoms with van der Waals surface area (Å²) in [4.78, 5) is 0. The molecule has 0 heteroatoms. The van der Waals surface area contributed by atoms with Crippen molar-refractivity contribution in [3.63, 3.8) is 0 Å². The highest BCUT2D eigenvalue weighted by Crippen LogP contribution is 2.33. The van der Waals surface area contributed by atoms with Gasteiger partial charge in [0, 0.05) is 0 Å². The van der Waals surface area contributed by atoms with E-state index in [1.165, 1.54) is 12.0 Å². The van der Waals surface area contributed by atoms with Crippen LogP contribution in [-0.4, -0.2) is 0 Å². The summed E-state index contributed by atoms with van der Waals surface area (Å²) in [5, 5.41) is 0. The first-order chi connectivity index (χ1) is 5.77. The van der Waals surface area contributed by atoms with Gasteiger partial charge in [0.15, 0.2) is 0 Å². The zero-order chi connectivity index (χ0) is 8.55. The quantitative estimate of drug-likeness (QED) is 0.551. The van der Waals surface area contributed by atoms with E-state index in [-0.39, 0.29) is 0 Å². The molecule has 0 N–H and O–H groups in total. The Morgan fingerprint density at radius 3 is 3.00 bits per heavy atom. The third-order valence-corrected chi connectivity index (χ3v) is 2.89. The van der Waals surface area contributed by atoms with Crippen molar-refractivity contribution in [2.45, 2.75) is 26.7 Å². The Morgan fingerprint density at radius 2 is 2.25 bits per heavy atom. The van der Waals surface area contributed by atoms with Crippen LogP contribution in [0.2, 0.25) is 0 Å². The van der Waals surface area contributed by atoms with E-state index in [4.69, 9.17) is 0 Å². The molecule has 1 unspecified atom stereocenters. The molecule has 0 heterocycles. The maximum atomic E-state index is 2.45. The maximum absolute atomic E-state index is 2.45. The highest BCUT2D eigenvalue weighted by molar-refractivity contribution is 5.48. The zero-order valence-electron chi connectivity index (χ0n) is 7.88. The molecule has 0 bridgehead atoms. The van der Waals surface area contributed by atoms with E-state index in [1.54, 1.807) is 5.57 Å². The lowest BCUT2D eigenvalue weighted by atomic mass is 9.85. The van der Waals surface area contributed by atoms with E-state index in [0.29, 0.717) is 0 Å². The van der Waals surface area contributed by atoms with Gasteiger partial charge in [0.05, 0.1) is 0 Å². The first kappa shape index (κ1) is 7.85. The maximum Gasteiger partial charge on any atom is -0.00915 e. The molecule has 0 aromatic heterocycles. The largest absolute Gasteiger partial charge is 0.0798 e. The Kier molecular flexibility index (Phi) is 1.92. The molecule has 0 aromatic rings. The van der Waals surface area contributed by atoms with Crippen molar-refractivity contribution in [1.82, 2.24) is 0 Å². The fourth-order valence-corrected chi connectivity index (χ4v) is 1.94. The predicted molar refractivity (Wildman–Crippen MR) is 52.9 cm³/mol. The zero-order valence-corrected chi connectivity index (χ0v) is 7.88. The smallest absolute Gasteiger partial charge is 0.00915 e. The standard InChI is InChI=1S/C12H16/c1-9(2)11-7-6-10-4-3-5-12(10)8-11/h3,5-6,8-9,11H,4,7H2,1-2H3. The Bertz CT molecular complexity index is 264. The molecule has 0 amide bonds. The van der Waals surface area contributed by atoms with E-state index in [0.717, 1.165) is 18.3 Å². The van der Waals surface area contributed by atoms with Gasteiger partial charge in [0.25, 0.3) is 0 Å². The predicted octanol–water partition coefficient (Wildman–Crippen LogP) is 3.48. The highest BCUT2D eigenvalue weighted by atomic mass is 14.2. The fraction of sp³-hybridized carbons (Fsp3) is 0.500. The lowest BCUT2D eigenvalue weighted by molar-refractivity contribution is 0.464. The first-order valence-electron chi connectivity index (χ1n) is 4.85. The molecule has 64 valence electrons. The molecule has 0 fully saturated rings. The average molecular weight is 160 g/mol. The third-order valence-electron chi connectivity index (χ3n) is 2.89. The second-order valence-electron chi connectivity index (χ2n) is 4.10. The van der Waals surface area contributed by atoms with Crippen LogP contribution in [-0.2, 0) is 0 Å². The molecule has 0 aromatic carbocycles. The van der Waals surface area contributed by atoms with Gasteiger partial charge in [-0.05, 0) is 35.8 Å². The van der Waals surface area contributed by atoms with Crippen molar-refractivity contribution in [3.05, 3.63) is 35.5 Å². The molecular weight excluding hydrogens is 144 g/mol. The van der Waals surface area contributed by atoms with E-state index in [9.17, 15) is 0 Å². The van der Waals surface area contributed by atoms with Gasteiger partial charge in [-0.1, -0.05) is 38.2 Å². The molecule has 0 radical (unpaired) electrons. The van der Waals surface area contributed by atoms with Crippen molar-refractivity contribution >= 4 is 0 Å². The van der Waals surface area contributed by atoms with Crippen LogP contribution in [0.25, 0.3) is 0 Å². The normalized spacial score (nSPS) is 27.1. The number of rotatable bonds is 1. The summed E-state index contributed by atoms with van der Waals surface area (Å²) < 4.78 is 0. The highest BCUT2D eigenvalue weighted by Gasteiger charge is 2.18. The minimum atomic E-state index is 0.770. The van der Waals surface area contributed by atoms with Gasteiger partial charge in [-0.3, -0.25) is 0 Å². The van der Waals surface area contributed by atoms with Crippen molar-refractivity contribution in [2.24, 2.45) is 11.8 Å². The van der Waals surface area contributed by atoms with Gasteiger partial charge in [0.1, 0.15) is 0 Å². The van der Waals surface area contributed by atoms with Gasteiger partial charge < -0.3 is 0 Å². The lowest BCUT2D eigenvalue weighted by Crippen LogP contribution is -2.08. The van der Waals surface area contributed by atoms with Crippen molar-refractivity contribution in [1.29, 1.82) is 0 Å². The molecule has 0 aliphatic heterocycles. The summed E-state index contributed by atoms with van der Waals surface area (Å²) in [5.74, 6) is 1.55. The van der Waals surface area contributed by atoms with Gasteiger partial charge in [-0.15, -0.1) is 0 Å². The molecule has 0 saturated heterocycles. The second kappa shape index (κ2) is 2.93. The number of fused-ring (bicyclic) bond motifs is 1. The average Bonchev–Trinajstić information content (AvgIpc) is 2.49. The van der Waals surface area contributed by atoms with Gasteiger partial charge in [-0.25, -0.2) is 0 Å². The van der Waals surface area contributed by atoms with Gasteiger partial charge >= 0.3 is 0 Å². The number of hydrogen-bond donors (Lipinski definition) is 0. The molecule has 1 atom stereocenters. The second-order valence-corrected chi connectivity index (χ2v) is 4.10. The first-order valence-corrected chi connectivity index (χ1v) is 4.85. The minimum absolute atomic E-state index is 0.770. The topological polar surface area (TPSA) is 0 Å². The molecule has 2 aliphatic carbocycles. The number of allylic oxidation sites excluding steroid dienone is 6. The Hall–Kier alpha value is -0.780. The Morgan fingerprint density at radius 1 is 1.42 bits per heavy atom. The van der Waals surface area contributed by atoms with E-state index >= 15 is 0 Å². The Balaban J connectivity index is 2.20. The summed E-state index contributed by atoms with van der Waals surface area (Å²) in [5.41, 5.74) is 3.03. The summed E-state index contributed by atoms with van der Waals surface area (Å²) in [6, 6.07) is 0.